The van der Waals surface area contributed by atoms with Crippen LogP contribution in [0.5, 0.6) is 0 Å². The molecular weight excluding hydrogens is 584 g/mol. The number of rotatable bonds is 1. The van der Waals surface area contributed by atoms with Crippen molar-refractivity contribution < 1.29 is 9.59 Å². The Kier molecular flexibility index (Phi) is 10.1. The number of nitrogens with zero attached hydrogens (tertiary/aromatic N) is 6. The number of urea groups is 2. The van der Waals surface area contributed by atoms with Gasteiger partial charge in [-0.25, -0.2) is 9.59 Å². The molecule has 8 heteroatoms. The van der Waals surface area contributed by atoms with E-state index in [9.17, 15) is 20.1 Å². The number of anilines is 2. The molecule has 0 unspecified atom stereocenters. The Balaban J connectivity index is 0.000000168. The minimum Gasteiger partial charge on any atom is -0.324 e. The molecule has 4 heterocycles. The molecule has 2 aromatic carbocycles. The van der Waals surface area contributed by atoms with E-state index in [2.05, 4.69) is 36.4 Å². The van der Waals surface area contributed by atoms with Gasteiger partial charge in [0.25, 0.3) is 0 Å². The van der Waals surface area contributed by atoms with Gasteiger partial charge in [-0.2, -0.15) is 10.5 Å². The van der Waals surface area contributed by atoms with Crippen LogP contribution in [0.4, 0.5) is 21.0 Å². The summed E-state index contributed by atoms with van der Waals surface area (Å²) in [6, 6.07) is 21.8. The molecule has 5 aliphatic rings. The van der Waals surface area contributed by atoms with Gasteiger partial charge in [-0.15, -0.1) is 0 Å². The molecule has 2 aromatic rings. The third-order valence-corrected chi connectivity index (χ3v) is 11.6. The van der Waals surface area contributed by atoms with E-state index in [0.717, 1.165) is 88.9 Å². The number of carbonyl (C=O) groups excluding carboxylic acids is 2. The van der Waals surface area contributed by atoms with Gasteiger partial charge in [0.15, 0.2) is 0 Å². The molecule has 1 saturated carbocycles. The average molecular weight is 635 g/mol. The number of carbonyl (C=O) groups is 2. The molecule has 0 bridgehead atoms. The molecule has 4 aliphatic heterocycles. The fraction of sp³-hybridized carbons (Fsp3) is 0.590. The fourth-order valence-electron chi connectivity index (χ4n) is 8.47. The summed E-state index contributed by atoms with van der Waals surface area (Å²) in [6.07, 6.45) is 13.6. The minimum atomic E-state index is -0.267. The van der Waals surface area contributed by atoms with Crippen LogP contribution in [-0.4, -0.2) is 61.1 Å². The number of aryl methyl sites for hydroxylation is 2. The zero-order chi connectivity index (χ0) is 32.9. The molecule has 0 atom stereocenters. The number of nitriles is 2. The Bertz CT molecular complexity index is 1500. The summed E-state index contributed by atoms with van der Waals surface area (Å²) in [5.41, 5.74) is 4.21. The normalized spacial score (nSPS) is 22.0. The number of hydrogen-bond donors (Lipinski definition) is 0. The second-order valence-corrected chi connectivity index (χ2v) is 14.6. The highest BCUT2D eigenvalue weighted by Crippen LogP contribution is 2.45. The Morgan fingerprint density at radius 1 is 0.638 bits per heavy atom. The smallest absolute Gasteiger partial charge is 0.324 e. The lowest BCUT2D eigenvalue weighted by Crippen LogP contribution is -2.51. The maximum Gasteiger partial charge on any atom is 0.324 e. The molecule has 8 nitrogen and oxygen atoms in total. The zero-order valence-corrected chi connectivity index (χ0v) is 28.1. The van der Waals surface area contributed by atoms with Crippen molar-refractivity contribution in [2.45, 2.75) is 90.4 Å². The van der Waals surface area contributed by atoms with Crippen molar-refractivity contribution in [1.29, 1.82) is 10.5 Å². The quantitative estimate of drug-likeness (QED) is 0.318. The maximum absolute atomic E-state index is 13.2. The Morgan fingerprint density at radius 3 is 1.57 bits per heavy atom. The number of fused-ring (bicyclic) bond motifs is 2. The number of amides is 4. The third-order valence-electron chi connectivity index (χ3n) is 11.6. The van der Waals surface area contributed by atoms with E-state index in [1.54, 1.807) is 0 Å². The maximum atomic E-state index is 13.2. The van der Waals surface area contributed by atoms with Crippen molar-refractivity contribution in [3.05, 3.63) is 59.7 Å². The largest absolute Gasteiger partial charge is 0.324 e. The van der Waals surface area contributed by atoms with Gasteiger partial charge in [0.05, 0.1) is 23.0 Å². The lowest BCUT2D eigenvalue weighted by Gasteiger charge is -2.44. The summed E-state index contributed by atoms with van der Waals surface area (Å²) in [5, 5.41) is 19.1. The van der Waals surface area contributed by atoms with E-state index >= 15 is 0 Å². The van der Waals surface area contributed by atoms with Gasteiger partial charge < -0.3 is 9.80 Å². The van der Waals surface area contributed by atoms with Crippen LogP contribution in [0.2, 0.25) is 0 Å². The molecule has 4 amide bonds. The number of piperidine rings is 2. The third kappa shape index (κ3) is 6.98. The molecule has 0 N–H and O–H groups in total. The summed E-state index contributed by atoms with van der Waals surface area (Å²) in [7, 11) is 0. The van der Waals surface area contributed by atoms with Crippen molar-refractivity contribution in [2.24, 2.45) is 16.7 Å². The highest BCUT2D eigenvalue weighted by Gasteiger charge is 2.43. The predicted octanol–water partition coefficient (Wildman–Crippen LogP) is 7.93. The molecule has 0 aromatic heterocycles. The predicted molar refractivity (Wildman–Crippen MR) is 185 cm³/mol. The van der Waals surface area contributed by atoms with Crippen molar-refractivity contribution >= 4 is 23.4 Å². The van der Waals surface area contributed by atoms with Crippen LogP contribution >= 0.6 is 0 Å². The van der Waals surface area contributed by atoms with E-state index < -0.39 is 0 Å². The van der Waals surface area contributed by atoms with E-state index in [-0.39, 0.29) is 22.9 Å². The SMILES string of the molecule is CC1(C#N)CCN(C(=O)N2CCCc3ccccc32)CC1.N#CC1(C2CCCCC2)CCN(C(=O)N2CCCc3ccccc32)CC1. The summed E-state index contributed by atoms with van der Waals surface area (Å²) in [4.78, 5) is 33.7. The number of likely N-dealkylation sites (tertiary alicyclic amines) is 2. The van der Waals surface area contributed by atoms with Crippen LogP contribution in [-0.2, 0) is 12.8 Å². The van der Waals surface area contributed by atoms with Gasteiger partial charge in [-0.1, -0.05) is 55.7 Å². The van der Waals surface area contributed by atoms with E-state index in [0.29, 0.717) is 19.0 Å². The lowest BCUT2D eigenvalue weighted by atomic mass is 9.65. The van der Waals surface area contributed by atoms with E-state index in [1.165, 1.54) is 43.2 Å². The first-order valence-corrected chi connectivity index (χ1v) is 18.0. The first-order chi connectivity index (χ1) is 22.9. The van der Waals surface area contributed by atoms with Gasteiger partial charge in [0, 0.05) is 50.6 Å². The monoisotopic (exact) mass is 634 g/mol. The lowest BCUT2D eigenvalue weighted by molar-refractivity contribution is 0.0890. The molecule has 2 saturated heterocycles. The zero-order valence-electron chi connectivity index (χ0n) is 28.1. The van der Waals surface area contributed by atoms with E-state index in [4.69, 9.17) is 0 Å². The van der Waals surface area contributed by atoms with Gasteiger partial charge in [0.2, 0.25) is 0 Å². The second kappa shape index (κ2) is 14.4. The van der Waals surface area contributed by atoms with Crippen molar-refractivity contribution in [3.8, 4) is 12.1 Å². The molecule has 248 valence electrons. The number of hydrogen-bond acceptors (Lipinski definition) is 4. The van der Waals surface area contributed by atoms with Crippen LogP contribution in [0.1, 0.15) is 88.7 Å². The van der Waals surface area contributed by atoms with Gasteiger partial charge in [-0.05, 0) is 100 Å². The Labute approximate surface area is 280 Å². The van der Waals surface area contributed by atoms with Crippen molar-refractivity contribution in [3.63, 3.8) is 0 Å². The first-order valence-electron chi connectivity index (χ1n) is 18.0. The molecule has 1 aliphatic carbocycles. The van der Waals surface area contributed by atoms with Crippen molar-refractivity contribution in [1.82, 2.24) is 9.80 Å². The van der Waals surface area contributed by atoms with E-state index in [1.807, 2.05) is 50.8 Å². The van der Waals surface area contributed by atoms with Crippen LogP contribution in [0.25, 0.3) is 0 Å². The van der Waals surface area contributed by atoms with Gasteiger partial charge in [-0.3, -0.25) is 9.80 Å². The first kappa shape index (κ1) is 32.9. The molecule has 7 rings (SSSR count). The minimum absolute atomic E-state index is 0.0992. The molecule has 3 fully saturated rings. The van der Waals surface area contributed by atoms with Gasteiger partial charge in [0.1, 0.15) is 0 Å². The molecule has 47 heavy (non-hydrogen) atoms. The second-order valence-electron chi connectivity index (χ2n) is 14.6. The van der Waals surface area contributed by atoms with Gasteiger partial charge >= 0.3 is 12.1 Å². The van der Waals surface area contributed by atoms with Crippen LogP contribution in [0, 0.1) is 39.4 Å². The standard InChI is InChI=1S/C22H29N3O.C17H21N3O/c23-17-22(19-9-2-1-3-10-19)12-15-24(16-13-22)21(26)25-14-6-8-18-7-4-5-11-20(18)25;1-17(13-18)8-11-19(12-9-17)16(21)20-10-4-6-14-5-2-3-7-15(14)20/h4-5,7,11,19H,1-3,6,8-10,12-16H2;2-3,5,7H,4,6,8-12H2,1H3. The topological polar surface area (TPSA) is 94.7 Å². The summed E-state index contributed by atoms with van der Waals surface area (Å²) in [6.45, 7) is 6.40. The van der Waals surface area contributed by atoms with Crippen LogP contribution in [0.3, 0.4) is 0 Å². The van der Waals surface area contributed by atoms with Crippen LogP contribution < -0.4 is 9.80 Å². The van der Waals surface area contributed by atoms with Crippen LogP contribution in [0.15, 0.2) is 48.5 Å². The number of para-hydroxylation sites is 2. The molecule has 0 spiro atoms. The number of benzene rings is 2. The molecular formula is C39H50N6O2. The summed E-state index contributed by atoms with van der Waals surface area (Å²) >= 11 is 0. The fourth-order valence-corrected chi connectivity index (χ4v) is 8.47. The Hall–Kier alpha value is -4.04. The molecule has 0 radical (unpaired) electrons. The van der Waals surface area contributed by atoms with Crippen molar-refractivity contribution in [2.75, 3.05) is 49.1 Å². The average Bonchev–Trinajstić information content (AvgIpc) is 3.15. The summed E-state index contributed by atoms with van der Waals surface area (Å²) in [5.74, 6) is 0.536. The highest BCUT2D eigenvalue weighted by atomic mass is 16.2. The summed E-state index contributed by atoms with van der Waals surface area (Å²) < 4.78 is 0. The Morgan fingerprint density at radius 2 is 1.11 bits per heavy atom. The highest BCUT2D eigenvalue weighted by molar-refractivity contribution is 5.94.